The van der Waals surface area contributed by atoms with E-state index in [0.717, 1.165) is 12.1 Å². The van der Waals surface area contributed by atoms with Gasteiger partial charge in [-0.3, -0.25) is 4.79 Å². The van der Waals surface area contributed by atoms with Crippen LogP contribution in [-0.2, 0) is 18.1 Å². The van der Waals surface area contributed by atoms with Crippen LogP contribution in [0.1, 0.15) is 91.9 Å². The monoisotopic (exact) mass is 415 g/mol. The quantitative estimate of drug-likeness (QED) is 0.328. The largest absolute Gasteiger partial charge is 0.518 e. The molecular weight excluding hydrogens is 372 g/mol. The Hall–Kier alpha value is -0.176. The molecule has 0 saturated heterocycles. The van der Waals surface area contributed by atoms with E-state index in [-0.39, 0.29) is 5.97 Å². The van der Waals surface area contributed by atoms with Crippen LogP contribution in [0.2, 0.25) is 22.7 Å². The van der Waals surface area contributed by atoms with Crippen LogP contribution in [0.5, 0.6) is 0 Å². The van der Waals surface area contributed by atoms with Crippen LogP contribution in [-0.4, -0.2) is 37.8 Å². The second-order valence-electron chi connectivity index (χ2n) is 8.38. The Morgan fingerprint density at radius 1 is 1.00 bits per heavy atom. The lowest BCUT2D eigenvalue weighted by atomic mass is 10.0. The zero-order valence-corrected chi connectivity index (χ0v) is 20.7. The third kappa shape index (κ3) is 6.41. The summed E-state index contributed by atoms with van der Waals surface area (Å²) in [6, 6.07) is 2.25. The average Bonchev–Trinajstić information content (AvgIpc) is 2.71. The topological polar surface area (TPSA) is 44.8 Å². The summed E-state index contributed by atoms with van der Waals surface area (Å²) in [5.41, 5.74) is 0.634. The predicted molar refractivity (Wildman–Crippen MR) is 117 cm³/mol. The van der Waals surface area contributed by atoms with E-state index in [9.17, 15) is 4.79 Å². The first-order valence-electron chi connectivity index (χ1n) is 11.1. The van der Waals surface area contributed by atoms with Crippen LogP contribution < -0.4 is 0 Å². The fraction of sp³-hybridized carbons (Fsp3) is 0.952. The molecule has 1 rings (SSSR count). The minimum atomic E-state index is -2.14. The summed E-state index contributed by atoms with van der Waals surface area (Å²) >= 11 is 0. The molecule has 0 amide bonds. The fourth-order valence-corrected chi connectivity index (χ4v) is 11.6. The molecule has 4 nitrogen and oxygen atoms in total. The van der Waals surface area contributed by atoms with Gasteiger partial charge < -0.3 is 13.3 Å². The second-order valence-corrected chi connectivity index (χ2v) is 15.0. The van der Waals surface area contributed by atoms with Gasteiger partial charge in [0.25, 0.3) is 14.3 Å². The van der Waals surface area contributed by atoms with Gasteiger partial charge in [0, 0.05) is 14.2 Å². The van der Waals surface area contributed by atoms with Gasteiger partial charge in [-0.15, -0.1) is 0 Å². The number of rotatable bonds is 13. The molecule has 27 heavy (non-hydrogen) atoms. The van der Waals surface area contributed by atoms with Crippen molar-refractivity contribution in [2.75, 3.05) is 14.2 Å². The van der Waals surface area contributed by atoms with Gasteiger partial charge in [0.1, 0.15) is 5.04 Å². The Morgan fingerprint density at radius 2 is 1.52 bits per heavy atom. The van der Waals surface area contributed by atoms with Crippen molar-refractivity contribution in [2.24, 2.45) is 0 Å². The Morgan fingerprint density at radius 3 is 1.93 bits per heavy atom. The van der Waals surface area contributed by atoms with Crippen molar-refractivity contribution in [2.45, 2.75) is 115 Å². The first-order chi connectivity index (χ1) is 12.9. The van der Waals surface area contributed by atoms with E-state index in [1.54, 1.807) is 14.2 Å². The Balaban J connectivity index is 3.16. The average molecular weight is 416 g/mol. The highest BCUT2D eigenvalue weighted by molar-refractivity contribution is 6.77. The first-order valence-corrected chi connectivity index (χ1v) is 14.8. The highest BCUT2D eigenvalue weighted by Crippen LogP contribution is 2.46. The van der Waals surface area contributed by atoms with Gasteiger partial charge in [0.2, 0.25) is 0 Å². The lowest BCUT2D eigenvalue weighted by Gasteiger charge is -2.42. The van der Waals surface area contributed by atoms with Crippen molar-refractivity contribution in [1.29, 1.82) is 0 Å². The fourth-order valence-electron chi connectivity index (χ4n) is 4.50. The van der Waals surface area contributed by atoms with Crippen LogP contribution in [0.3, 0.4) is 0 Å². The Bertz CT molecular complexity index is 414. The highest BCUT2D eigenvalue weighted by Gasteiger charge is 2.52. The molecule has 1 saturated carbocycles. The number of hydrogen-bond donors (Lipinski definition) is 0. The van der Waals surface area contributed by atoms with E-state index in [2.05, 4.69) is 13.8 Å². The van der Waals surface area contributed by atoms with E-state index in [1.165, 1.54) is 57.8 Å². The van der Waals surface area contributed by atoms with Crippen molar-refractivity contribution >= 4 is 23.6 Å². The predicted octanol–water partition coefficient (Wildman–Crippen LogP) is 6.36. The summed E-state index contributed by atoms with van der Waals surface area (Å²) in [7, 11) is -0.542. The van der Waals surface area contributed by atoms with Crippen LogP contribution in [0.4, 0.5) is 0 Å². The highest BCUT2D eigenvalue weighted by atomic mass is 28.4. The summed E-state index contributed by atoms with van der Waals surface area (Å²) in [4.78, 5) is 13.5. The zero-order valence-electron chi connectivity index (χ0n) is 18.7. The molecule has 0 spiro atoms. The standard InChI is InChI=1S/C21H43O4Si2/c1-7-10-17-27(18-11-8-2,19-15-13-12-14-16-19)25-20(22)21(4,9-3)26(23-5)24-6/h19H,7-18H2,1-6H3. The third-order valence-corrected chi connectivity index (χ3v) is 13.8. The minimum absolute atomic E-state index is 0.0490. The smallest absolute Gasteiger partial charge is 0.402 e. The minimum Gasteiger partial charge on any atom is -0.518 e. The molecule has 0 aliphatic heterocycles. The SMILES string of the molecule is CCCC[Si](CCCC)(OC(=O)C(C)(CC)[Si](OC)OC)C1CCCCC1. The molecule has 1 unspecified atom stereocenters. The van der Waals surface area contributed by atoms with E-state index in [4.69, 9.17) is 13.3 Å². The van der Waals surface area contributed by atoms with E-state index < -0.39 is 22.6 Å². The van der Waals surface area contributed by atoms with E-state index in [0.29, 0.717) is 12.0 Å². The molecule has 0 N–H and O–H groups in total. The molecule has 1 atom stereocenters. The molecular formula is C21H43O4Si2. The maximum Gasteiger partial charge on any atom is 0.402 e. The molecule has 0 aromatic carbocycles. The molecule has 0 aromatic heterocycles. The zero-order chi connectivity index (χ0) is 20.3. The van der Waals surface area contributed by atoms with Gasteiger partial charge in [0.05, 0.1) is 0 Å². The number of hydrogen-bond acceptors (Lipinski definition) is 4. The number of carbonyl (C=O) groups excluding carboxylic acids is 1. The van der Waals surface area contributed by atoms with Crippen molar-refractivity contribution in [3.8, 4) is 0 Å². The van der Waals surface area contributed by atoms with Gasteiger partial charge in [0.15, 0.2) is 0 Å². The van der Waals surface area contributed by atoms with E-state index >= 15 is 0 Å². The normalized spacial score (nSPS) is 18.5. The molecule has 0 heterocycles. The van der Waals surface area contributed by atoms with Gasteiger partial charge in [-0.05, 0) is 43.8 Å². The van der Waals surface area contributed by atoms with Crippen LogP contribution >= 0.6 is 0 Å². The number of unbranched alkanes of at least 4 members (excludes halogenated alkanes) is 2. The first kappa shape index (κ1) is 24.9. The van der Waals surface area contributed by atoms with Gasteiger partial charge in [-0.25, -0.2) is 0 Å². The molecule has 0 bridgehead atoms. The lowest BCUT2D eigenvalue weighted by Crippen LogP contribution is -2.50. The molecule has 1 radical (unpaired) electrons. The molecule has 159 valence electrons. The van der Waals surface area contributed by atoms with Crippen LogP contribution in [0.15, 0.2) is 0 Å². The molecule has 6 heteroatoms. The molecule has 1 aliphatic rings. The van der Waals surface area contributed by atoms with Gasteiger partial charge >= 0.3 is 9.28 Å². The van der Waals surface area contributed by atoms with Crippen molar-refractivity contribution in [3.63, 3.8) is 0 Å². The van der Waals surface area contributed by atoms with Gasteiger partial charge in [-0.1, -0.05) is 65.7 Å². The van der Waals surface area contributed by atoms with Crippen molar-refractivity contribution in [1.82, 2.24) is 0 Å². The summed E-state index contributed by atoms with van der Waals surface area (Å²) in [6.45, 7) is 8.52. The Kier molecular flexibility index (Phi) is 11.4. The van der Waals surface area contributed by atoms with Crippen molar-refractivity contribution in [3.05, 3.63) is 0 Å². The third-order valence-electron chi connectivity index (χ3n) is 6.53. The maximum absolute atomic E-state index is 13.5. The molecule has 1 aliphatic carbocycles. The second kappa shape index (κ2) is 12.4. The summed E-state index contributed by atoms with van der Waals surface area (Å²) in [5, 5.41) is -0.653. The van der Waals surface area contributed by atoms with Gasteiger partial charge in [-0.2, -0.15) is 0 Å². The maximum atomic E-state index is 13.5. The summed E-state index contributed by atoms with van der Waals surface area (Å²) < 4.78 is 17.9. The van der Waals surface area contributed by atoms with Crippen LogP contribution in [0.25, 0.3) is 0 Å². The summed E-state index contributed by atoms with van der Waals surface area (Å²) in [6.07, 6.45) is 11.8. The number of carbonyl (C=O) groups is 1. The molecule has 0 aromatic rings. The Labute approximate surface area is 170 Å². The van der Waals surface area contributed by atoms with Crippen molar-refractivity contribution < 1.29 is 18.1 Å². The molecule has 1 fully saturated rings. The van der Waals surface area contributed by atoms with E-state index in [1.807, 2.05) is 13.8 Å². The van der Waals surface area contributed by atoms with Crippen LogP contribution in [0, 0.1) is 0 Å². The summed E-state index contributed by atoms with van der Waals surface area (Å²) in [5.74, 6) is -0.0490. The lowest BCUT2D eigenvalue weighted by molar-refractivity contribution is -0.139.